The summed E-state index contributed by atoms with van der Waals surface area (Å²) in [7, 11) is -8.84. The minimum absolute atomic E-state index is 0.453. The van der Waals surface area contributed by atoms with E-state index in [0.29, 0.717) is 16.7 Å². The summed E-state index contributed by atoms with van der Waals surface area (Å²) in [5, 5.41) is 8.96. The van der Waals surface area contributed by atoms with E-state index in [2.05, 4.69) is 92.0 Å². The molecule has 0 unspecified atom stereocenters. The molecule has 1 aliphatic heterocycles. The number of rotatable bonds is 12. The van der Waals surface area contributed by atoms with Gasteiger partial charge in [0.25, 0.3) is 7.49 Å². The Balaban J connectivity index is 1.22. The van der Waals surface area contributed by atoms with Crippen LogP contribution in [0.1, 0.15) is 25.0 Å². The molecule has 296 valence electrons. The van der Waals surface area contributed by atoms with Crippen LogP contribution in [-0.2, 0) is 19.5 Å². The first-order valence-electron chi connectivity index (χ1n) is 19.9. The molecule has 0 saturated carbocycles. The van der Waals surface area contributed by atoms with E-state index >= 15 is 0 Å². The molecule has 1 heterocycles. The number of ether oxygens (including phenoxy) is 1. The Hall–Kier alpha value is -5.87. The van der Waals surface area contributed by atoms with E-state index in [1.165, 1.54) is 10.6 Å². The Bertz CT molecular complexity index is 2780. The van der Waals surface area contributed by atoms with Crippen LogP contribution in [0, 0.1) is 0 Å². The minimum atomic E-state index is -4.30. The number of nitrogens with one attached hydrogen (secondary N) is 1. The van der Waals surface area contributed by atoms with Gasteiger partial charge in [-0.1, -0.05) is 194 Å². The molecule has 0 saturated heterocycles. The lowest BCUT2D eigenvalue weighted by atomic mass is 9.76. The quantitative estimate of drug-likeness (QED) is 0.124. The van der Waals surface area contributed by atoms with E-state index in [0.717, 1.165) is 43.9 Å². The van der Waals surface area contributed by atoms with Crippen molar-refractivity contribution in [3.63, 3.8) is 0 Å². The number of benzene rings is 8. The molecule has 0 aliphatic carbocycles. The Labute approximate surface area is 355 Å². The van der Waals surface area contributed by atoms with Crippen LogP contribution in [0.2, 0.25) is 0 Å². The first kappa shape index (κ1) is 39.6. The van der Waals surface area contributed by atoms with Crippen LogP contribution in [0.25, 0.3) is 11.1 Å². The third-order valence-corrected chi connectivity index (χ3v) is 18.9. The molecule has 0 fully saturated rings. The SMILES string of the molecule is CC1(C)c2cccc(P(c3ccccc3)c3ccccc3)c2Oc2c1cccc2[P+](OS(=O)(=O)CNc1ccccc1-c1ccccc1)(c1ccccc1)c1ccccc1. The standard InChI is InChI=1S/C52H44NO4P2S/c1-52(2)45-33-20-36-48(58(40-24-10-4-11-25-40)41-26-12-5-13-27-41)50(45)56-51-46(52)34-21-37-49(51)59(42-28-14-6-15-29-42,43-30-16-7-17-31-43)57-60(54,55)38-53-47-35-19-18-32-44(47)39-22-8-3-9-23-39/h3-37,53H,38H2,1-2H3/q+1. The van der Waals surface area contributed by atoms with Crippen LogP contribution in [0.5, 0.6) is 11.5 Å². The summed E-state index contributed by atoms with van der Waals surface area (Å²) in [5.74, 6) is 0.963. The molecule has 8 aromatic carbocycles. The molecule has 0 aromatic heterocycles. The van der Waals surface area contributed by atoms with E-state index in [1.54, 1.807) is 0 Å². The zero-order valence-electron chi connectivity index (χ0n) is 33.4. The van der Waals surface area contributed by atoms with E-state index in [1.807, 2.05) is 140 Å². The summed E-state index contributed by atoms with van der Waals surface area (Å²) in [5.41, 5.74) is 4.08. The molecule has 8 aromatic rings. The van der Waals surface area contributed by atoms with Gasteiger partial charge in [0.2, 0.25) is 0 Å². The third-order valence-electron chi connectivity index (χ3n) is 11.1. The molecule has 0 bridgehead atoms. The van der Waals surface area contributed by atoms with Gasteiger partial charge in [0.15, 0.2) is 11.1 Å². The third kappa shape index (κ3) is 7.46. The zero-order valence-corrected chi connectivity index (χ0v) is 36.0. The second kappa shape index (κ2) is 16.6. The molecule has 0 radical (unpaired) electrons. The average Bonchev–Trinajstić information content (AvgIpc) is 3.29. The number of hydrogen-bond acceptors (Lipinski definition) is 5. The van der Waals surface area contributed by atoms with Crippen molar-refractivity contribution in [3.05, 3.63) is 223 Å². The average molecular weight is 841 g/mol. The van der Waals surface area contributed by atoms with Crippen molar-refractivity contribution >= 4 is 63.0 Å². The van der Waals surface area contributed by atoms with Crippen molar-refractivity contribution in [1.29, 1.82) is 0 Å². The van der Waals surface area contributed by atoms with Gasteiger partial charge in [-0.3, -0.25) is 0 Å². The number of fused-ring (bicyclic) bond motifs is 2. The van der Waals surface area contributed by atoms with Crippen LogP contribution in [0.4, 0.5) is 5.69 Å². The number of anilines is 1. The molecule has 0 atom stereocenters. The van der Waals surface area contributed by atoms with Crippen LogP contribution in [0.3, 0.4) is 0 Å². The first-order valence-corrected chi connectivity index (χ1v) is 24.6. The predicted octanol–water partition coefficient (Wildman–Crippen LogP) is 10.2. The van der Waals surface area contributed by atoms with Crippen molar-refractivity contribution in [2.45, 2.75) is 19.3 Å². The minimum Gasteiger partial charge on any atom is -0.452 e. The molecule has 9 rings (SSSR count). The molecule has 1 N–H and O–H groups in total. The summed E-state index contributed by atoms with van der Waals surface area (Å²) in [6.45, 7) is 4.45. The monoisotopic (exact) mass is 840 g/mol. The predicted molar refractivity (Wildman–Crippen MR) is 253 cm³/mol. The maximum atomic E-state index is 14.8. The lowest BCUT2D eigenvalue weighted by Gasteiger charge is -2.38. The van der Waals surface area contributed by atoms with E-state index in [4.69, 9.17) is 8.71 Å². The summed E-state index contributed by atoms with van der Waals surface area (Å²) >= 11 is 0. The molecule has 0 spiro atoms. The Morgan fingerprint density at radius 1 is 0.550 bits per heavy atom. The number of para-hydroxylation sites is 3. The summed E-state index contributed by atoms with van der Waals surface area (Å²) < 4.78 is 44.0. The van der Waals surface area contributed by atoms with E-state index < -0.39 is 36.8 Å². The second-order valence-corrected chi connectivity index (χ2v) is 22.1. The van der Waals surface area contributed by atoms with Gasteiger partial charge >= 0.3 is 10.1 Å². The second-order valence-electron chi connectivity index (χ2n) is 15.2. The van der Waals surface area contributed by atoms with Crippen LogP contribution in [-0.4, -0.2) is 14.3 Å². The van der Waals surface area contributed by atoms with Gasteiger partial charge < -0.3 is 10.1 Å². The first-order chi connectivity index (χ1) is 29.3. The molecule has 8 heteroatoms. The maximum absolute atomic E-state index is 14.8. The molecule has 5 nitrogen and oxygen atoms in total. The Kier molecular flexibility index (Phi) is 11.0. The van der Waals surface area contributed by atoms with Crippen molar-refractivity contribution in [2.24, 2.45) is 0 Å². The highest BCUT2D eigenvalue weighted by Gasteiger charge is 2.56. The lowest BCUT2D eigenvalue weighted by molar-refractivity contribution is 0.424. The van der Waals surface area contributed by atoms with Gasteiger partial charge in [0.1, 0.15) is 22.2 Å². The summed E-state index contributed by atoms with van der Waals surface area (Å²) in [4.78, 5) is 0. The Morgan fingerprint density at radius 3 is 1.62 bits per heavy atom. The topological polar surface area (TPSA) is 64.6 Å². The van der Waals surface area contributed by atoms with Crippen molar-refractivity contribution in [2.75, 3.05) is 11.2 Å². The van der Waals surface area contributed by atoms with Crippen molar-refractivity contribution in [1.82, 2.24) is 0 Å². The Morgan fingerprint density at radius 2 is 1.03 bits per heavy atom. The molecule has 1 aliphatic rings. The lowest BCUT2D eigenvalue weighted by Crippen LogP contribution is -2.38. The fraction of sp³-hybridized carbons (Fsp3) is 0.0769. The molecular weight excluding hydrogens is 797 g/mol. The van der Waals surface area contributed by atoms with Gasteiger partial charge in [0.05, 0.1) is 0 Å². The van der Waals surface area contributed by atoms with Gasteiger partial charge in [-0.2, -0.15) is 8.42 Å². The van der Waals surface area contributed by atoms with Gasteiger partial charge in [0, 0.05) is 33.1 Å². The van der Waals surface area contributed by atoms with E-state index in [-0.39, 0.29) is 0 Å². The largest absolute Gasteiger partial charge is 0.452 e. The van der Waals surface area contributed by atoms with E-state index in [9.17, 15) is 8.42 Å². The normalized spacial score (nSPS) is 13.2. The van der Waals surface area contributed by atoms with Gasteiger partial charge in [-0.15, -0.1) is 0 Å². The van der Waals surface area contributed by atoms with Crippen molar-refractivity contribution < 1.29 is 17.1 Å². The van der Waals surface area contributed by atoms with Gasteiger partial charge in [-0.05, 0) is 60.5 Å². The maximum Gasteiger partial charge on any atom is 0.318 e. The molecule has 0 amide bonds. The van der Waals surface area contributed by atoms with Crippen LogP contribution in [0.15, 0.2) is 212 Å². The highest BCUT2D eigenvalue weighted by molar-refractivity contribution is 8.01. The van der Waals surface area contributed by atoms with Crippen LogP contribution < -0.4 is 41.9 Å². The van der Waals surface area contributed by atoms with Crippen molar-refractivity contribution in [3.8, 4) is 22.6 Å². The van der Waals surface area contributed by atoms with Gasteiger partial charge in [-0.25, -0.2) is 0 Å². The highest BCUT2D eigenvalue weighted by Crippen LogP contribution is 2.62. The highest BCUT2D eigenvalue weighted by atomic mass is 32.2. The fourth-order valence-electron chi connectivity index (χ4n) is 8.20. The summed E-state index contributed by atoms with van der Waals surface area (Å²) in [6.07, 6.45) is 0. The smallest absolute Gasteiger partial charge is 0.318 e. The summed E-state index contributed by atoms with van der Waals surface area (Å²) in [6, 6.07) is 71.1. The fourth-order valence-corrected chi connectivity index (χ4v) is 16.3. The molecular formula is C52H44NO4P2S+. The zero-order chi connectivity index (χ0) is 41.2. The van der Waals surface area contributed by atoms with Crippen LogP contribution >= 0.6 is 15.4 Å². The molecule has 60 heavy (non-hydrogen) atoms. The number of hydrogen-bond donors (Lipinski definition) is 1.